The average molecular weight is 536 g/mol. The Hall–Kier alpha value is -3.43. The second-order valence-corrected chi connectivity index (χ2v) is 10.6. The van der Waals surface area contributed by atoms with E-state index < -0.39 is 29.1 Å². The van der Waals surface area contributed by atoms with Crippen molar-refractivity contribution in [3.8, 4) is 5.75 Å². The Kier molecular flexibility index (Phi) is 7.64. The van der Waals surface area contributed by atoms with E-state index in [1.54, 1.807) is 24.3 Å². The van der Waals surface area contributed by atoms with Crippen molar-refractivity contribution in [1.82, 2.24) is 10.2 Å². The number of likely N-dealkylation sites (tertiary alicyclic amines) is 1. The highest BCUT2D eigenvalue weighted by atomic mass is 16.5. The molecule has 39 heavy (non-hydrogen) atoms. The molecule has 9 heteroatoms. The Bertz CT molecular complexity index is 1200. The summed E-state index contributed by atoms with van der Waals surface area (Å²) in [6.45, 7) is 4.84. The van der Waals surface area contributed by atoms with Crippen LogP contribution in [0.3, 0.4) is 0 Å². The van der Waals surface area contributed by atoms with E-state index in [1.807, 2.05) is 44.2 Å². The molecule has 3 aliphatic heterocycles. The van der Waals surface area contributed by atoms with Crippen LogP contribution in [0.4, 0.5) is 5.69 Å². The smallest absolute Gasteiger partial charge is 0.246 e. The van der Waals surface area contributed by atoms with Crippen molar-refractivity contribution >= 4 is 23.4 Å². The van der Waals surface area contributed by atoms with E-state index in [-0.39, 0.29) is 30.9 Å². The summed E-state index contributed by atoms with van der Waals surface area (Å²) in [6, 6.07) is 15.8. The van der Waals surface area contributed by atoms with Crippen LogP contribution in [-0.4, -0.2) is 64.7 Å². The Morgan fingerprint density at radius 1 is 1.08 bits per heavy atom. The lowest BCUT2D eigenvalue weighted by Crippen LogP contribution is -2.55. The van der Waals surface area contributed by atoms with Crippen LogP contribution in [0.2, 0.25) is 0 Å². The van der Waals surface area contributed by atoms with E-state index in [1.165, 1.54) is 4.90 Å². The number of nitrogens with one attached hydrogen (secondary N) is 2. The second kappa shape index (κ2) is 11.0. The lowest BCUT2D eigenvalue weighted by atomic mass is 9.65. The maximum absolute atomic E-state index is 14.0. The third kappa shape index (κ3) is 4.67. The molecule has 5 rings (SSSR count). The van der Waals surface area contributed by atoms with Gasteiger partial charge in [0.05, 0.1) is 24.0 Å². The Labute approximate surface area is 228 Å². The van der Waals surface area contributed by atoms with Gasteiger partial charge in [-0.3, -0.25) is 14.4 Å². The van der Waals surface area contributed by atoms with Crippen molar-refractivity contribution in [2.24, 2.45) is 11.8 Å². The molecule has 3 heterocycles. The van der Waals surface area contributed by atoms with Gasteiger partial charge in [0, 0.05) is 25.4 Å². The molecule has 1 spiro atoms. The van der Waals surface area contributed by atoms with Crippen molar-refractivity contribution in [3.05, 3.63) is 60.2 Å². The van der Waals surface area contributed by atoms with E-state index in [2.05, 4.69) is 10.6 Å². The Morgan fingerprint density at radius 3 is 2.49 bits per heavy atom. The number of aliphatic hydroxyl groups is 1. The van der Waals surface area contributed by atoms with Crippen molar-refractivity contribution in [2.45, 2.75) is 63.3 Å². The molecule has 3 saturated heterocycles. The summed E-state index contributed by atoms with van der Waals surface area (Å²) in [6.07, 6.45) is 1.99. The summed E-state index contributed by atoms with van der Waals surface area (Å²) in [5.74, 6) is -1.65. The summed E-state index contributed by atoms with van der Waals surface area (Å²) >= 11 is 0. The number of hydrogen-bond donors (Lipinski definition) is 3. The Morgan fingerprint density at radius 2 is 1.82 bits per heavy atom. The monoisotopic (exact) mass is 535 g/mol. The quantitative estimate of drug-likeness (QED) is 0.407. The summed E-state index contributed by atoms with van der Waals surface area (Å²) in [5, 5.41) is 15.5. The molecule has 2 aromatic rings. The standard InChI is InChI=1S/C30H37N3O6/c1-3-29-15-16-30(39-29)24(23(29)26(35)32-21-11-13-22(14-12-21)38-4-2)28(37)33(17-8-18-34)25(30)27(36)31-19-20-9-6-5-7-10-20/h5-7,9-14,23-25,34H,3-4,8,15-19H2,1-2H3,(H,31,36)(H,32,35)/t23-,24+,25?,29+,30?/m1/s1. The van der Waals surface area contributed by atoms with Crippen LogP contribution >= 0.6 is 0 Å². The van der Waals surface area contributed by atoms with Crippen LogP contribution in [0.25, 0.3) is 0 Å². The lowest BCUT2D eigenvalue weighted by molar-refractivity contribution is -0.146. The molecule has 0 saturated carbocycles. The normalized spacial score (nSPS) is 28.8. The van der Waals surface area contributed by atoms with E-state index in [0.29, 0.717) is 50.3 Å². The number of benzene rings is 2. The highest BCUT2D eigenvalue weighted by Gasteiger charge is 2.78. The number of nitrogens with zero attached hydrogens (tertiary/aromatic N) is 1. The molecule has 0 radical (unpaired) electrons. The summed E-state index contributed by atoms with van der Waals surface area (Å²) in [5.41, 5.74) is -0.368. The fraction of sp³-hybridized carbons (Fsp3) is 0.500. The van der Waals surface area contributed by atoms with Gasteiger partial charge in [-0.05, 0) is 62.4 Å². The number of rotatable bonds is 11. The van der Waals surface area contributed by atoms with E-state index >= 15 is 0 Å². The van der Waals surface area contributed by atoms with Crippen LogP contribution in [0.15, 0.2) is 54.6 Å². The predicted octanol–water partition coefficient (Wildman–Crippen LogP) is 2.88. The first-order valence-corrected chi connectivity index (χ1v) is 13.9. The first-order valence-electron chi connectivity index (χ1n) is 13.9. The minimum atomic E-state index is -1.09. The molecule has 2 unspecified atom stereocenters. The summed E-state index contributed by atoms with van der Waals surface area (Å²) < 4.78 is 12.2. The number of carbonyl (C=O) groups is 3. The van der Waals surface area contributed by atoms with Gasteiger partial charge in [-0.15, -0.1) is 0 Å². The molecule has 3 fully saturated rings. The minimum absolute atomic E-state index is 0.110. The van der Waals surface area contributed by atoms with Crippen LogP contribution in [0.5, 0.6) is 5.75 Å². The molecular weight excluding hydrogens is 498 g/mol. The number of carbonyl (C=O) groups excluding carboxylic acids is 3. The second-order valence-electron chi connectivity index (χ2n) is 10.6. The van der Waals surface area contributed by atoms with Crippen molar-refractivity contribution in [1.29, 1.82) is 0 Å². The number of hydrogen-bond acceptors (Lipinski definition) is 6. The van der Waals surface area contributed by atoms with Crippen LogP contribution in [-0.2, 0) is 25.7 Å². The molecular formula is C30H37N3O6. The zero-order valence-corrected chi connectivity index (χ0v) is 22.5. The number of amides is 3. The first kappa shape index (κ1) is 27.1. The first-order chi connectivity index (χ1) is 18.9. The minimum Gasteiger partial charge on any atom is -0.494 e. The zero-order chi connectivity index (χ0) is 27.6. The molecule has 208 valence electrons. The molecule has 3 amide bonds. The maximum atomic E-state index is 14.0. The van der Waals surface area contributed by atoms with Crippen LogP contribution in [0.1, 0.15) is 45.1 Å². The van der Waals surface area contributed by atoms with E-state index in [0.717, 1.165) is 5.56 Å². The third-order valence-corrected chi connectivity index (χ3v) is 8.51. The van der Waals surface area contributed by atoms with Crippen molar-refractivity contribution in [2.75, 3.05) is 25.1 Å². The topological polar surface area (TPSA) is 117 Å². The zero-order valence-electron chi connectivity index (χ0n) is 22.5. The molecule has 2 aromatic carbocycles. The van der Waals surface area contributed by atoms with Gasteiger partial charge in [0.15, 0.2) is 0 Å². The highest BCUT2D eigenvalue weighted by Crippen LogP contribution is 2.64. The van der Waals surface area contributed by atoms with Crippen molar-refractivity contribution in [3.63, 3.8) is 0 Å². The van der Waals surface area contributed by atoms with Gasteiger partial charge in [0.25, 0.3) is 0 Å². The van der Waals surface area contributed by atoms with Crippen molar-refractivity contribution < 1.29 is 29.0 Å². The largest absolute Gasteiger partial charge is 0.494 e. The van der Waals surface area contributed by atoms with Gasteiger partial charge >= 0.3 is 0 Å². The SMILES string of the molecule is CCOc1ccc(NC(=O)[C@H]2[C@H]3C(=O)N(CCCO)C(C(=O)NCc4ccccc4)C34CC[C@]2(CC)O4)cc1. The Balaban J connectivity index is 1.43. The third-order valence-electron chi connectivity index (χ3n) is 8.51. The number of ether oxygens (including phenoxy) is 2. The van der Waals surface area contributed by atoms with Gasteiger partial charge in [0.1, 0.15) is 17.4 Å². The summed E-state index contributed by atoms with van der Waals surface area (Å²) in [4.78, 5) is 43.1. The number of aliphatic hydroxyl groups excluding tert-OH is 1. The van der Waals surface area contributed by atoms with E-state index in [9.17, 15) is 19.5 Å². The number of fused-ring (bicyclic) bond motifs is 1. The molecule has 3 aliphatic rings. The van der Waals surface area contributed by atoms with Gasteiger partial charge in [0.2, 0.25) is 17.7 Å². The molecule has 0 aromatic heterocycles. The maximum Gasteiger partial charge on any atom is 0.246 e. The van der Waals surface area contributed by atoms with E-state index in [4.69, 9.17) is 9.47 Å². The van der Waals surface area contributed by atoms with Gasteiger partial charge in [-0.1, -0.05) is 37.3 Å². The molecule has 9 nitrogen and oxygen atoms in total. The average Bonchev–Trinajstić information content (AvgIpc) is 3.56. The van der Waals surface area contributed by atoms with Crippen LogP contribution < -0.4 is 15.4 Å². The fourth-order valence-corrected chi connectivity index (χ4v) is 6.80. The van der Waals surface area contributed by atoms with Gasteiger partial charge in [-0.25, -0.2) is 0 Å². The van der Waals surface area contributed by atoms with Gasteiger partial charge in [-0.2, -0.15) is 0 Å². The number of anilines is 1. The van der Waals surface area contributed by atoms with Gasteiger partial charge < -0.3 is 30.1 Å². The highest BCUT2D eigenvalue weighted by molar-refractivity contribution is 6.02. The summed E-state index contributed by atoms with van der Waals surface area (Å²) in [7, 11) is 0. The van der Waals surface area contributed by atoms with Crippen LogP contribution in [0, 0.1) is 11.8 Å². The predicted molar refractivity (Wildman–Crippen MR) is 145 cm³/mol. The molecule has 3 N–H and O–H groups in total. The molecule has 5 atom stereocenters. The molecule has 0 aliphatic carbocycles. The molecule has 2 bridgehead atoms. The fourth-order valence-electron chi connectivity index (χ4n) is 6.80. The lowest BCUT2D eigenvalue weighted by Gasteiger charge is -2.34.